The second kappa shape index (κ2) is 32.9. The van der Waals surface area contributed by atoms with Crippen LogP contribution in [-0.4, -0.2) is 20.5 Å². The zero-order chi connectivity index (χ0) is 40.0. The van der Waals surface area contributed by atoms with Gasteiger partial charge in [-0.25, -0.2) is 0 Å². The topological polar surface area (TPSA) is 0 Å². The Kier molecular flexibility index (Phi) is 32.1. The summed E-state index contributed by atoms with van der Waals surface area (Å²) in [6, 6.07) is 51.3. The molecule has 53 heavy (non-hydrogen) atoms. The third-order valence-corrected chi connectivity index (χ3v) is 7.05. The average Bonchev–Trinajstić information content (AvgIpc) is 3.94. The number of rotatable bonds is 0. The van der Waals surface area contributed by atoms with Gasteiger partial charge < -0.3 is 20.3 Å². The Labute approximate surface area is 364 Å². The molecule has 0 spiro atoms. The van der Waals surface area contributed by atoms with Crippen molar-refractivity contribution in [3.63, 3.8) is 0 Å². The van der Waals surface area contributed by atoms with Crippen LogP contribution in [0.3, 0.4) is 0 Å². The molecule has 0 atom stereocenters. The van der Waals surface area contributed by atoms with Crippen molar-refractivity contribution in [2.45, 2.75) is 47.2 Å². The molecule has 6 radical (unpaired) electrons. The van der Waals surface area contributed by atoms with Crippen LogP contribution >= 0.6 is 34.1 Å². The molecule has 8 aromatic rings. The minimum atomic E-state index is -0.826. The van der Waals surface area contributed by atoms with E-state index in [1.54, 1.807) is 13.1 Å². The molecule has 8 rings (SSSR count). The van der Waals surface area contributed by atoms with E-state index in [2.05, 4.69) is 208 Å². The van der Waals surface area contributed by atoms with Crippen molar-refractivity contribution in [2.24, 2.45) is 0 Å². The number of hydrogen-bond donors (Lipinski definition) is 0. The normalized spacial score (nSPS) is 9.02. The average molecular weight is 969 g/mol. The first-order valence-electron chi connectivity index (χ1n) is 16.7. The quantitative estimate of drug-likeness (QED) is 0.105. The first kappa shape index (κ1) is 51.7. The standard InChI is InChI=1S/4C10H9.C3H6.2CH3Si.4ClH.2Zr/c4*1-8-6-9-4-2-3-5-10(9)7-8;1-3-2;2*1-2;;;;;;/h4*2-7H,1H3;1-3H2;2*1H3;4*1H;;/q4*-1;-2;;;;;;;2*+2/p-4. The molecule has 0 amide bonds. The van der Waals surface area contributed by atoms with Gasteiger partial charge in [0.15, 0.2) is 0 Å². The van der Waals surface area contributed by atoms with E-state index in [9.17, 15) is 0 Å². The molecule has 8 aromatic carbocycles. The first-order valence-corrected chi connectivity index (χ1v) is 31.3. The zero-order valence-electron chi connectivity index (χ0n) is 31.5. The Morgan fingerprint density at radius 3 is 0.717 bits per heavy atom. The summed E-state index contributed by atoms with van der Waals surface area (Å²) in [6.07, 6.45) is 0.750. The van der Waals surface area contributed by atoms with E-state index in [4.69, 9.17) is 34.1 Å². The van der Waals surface area contributed by atoms with E-state index in [1.165, 1.54) is 65.3 Å². The Hall–Kier alpha value is -1.32. The van der Waals surface area contributed by atoms with Crippen LogP contribution in [-0.2, 0) is 41.7 Å². The number of hydrogen-bond acceptors (Lipinski definition) is 0. The Morgan fingerprint density at radius 2 is 0.566 bits per heavy atom. The second-order valence-electron chi connectivity index (χ2n) is 11.1. The monoisotopic (exact) mass is 964 g/mol. The van der Waals surface area contributed by atoms with Gasteiger partial charge in [-0.1, -0.05) is 65.1 Å². The summed E-state index contributed by atoms with van der Waals surface area (Å²) in [5, 5.41) is 10.8. The molecule has 0 fully saturated rings. The van der Waals surface area contributed by atoms with Gasteiger partial charge in [0, 0.05) is 20.5 Å². The van der Waals surface area contributed by atoms with Gasteiger partial charge in [0.25, 0.3) is 0 Å². The predicted octanol–water partition coefficient (Wildman–Crippen LogP) is 15.7. The maximum atomic E-state index is 4.93. The van der Waals surface area contributed by atoms with Gasteiger partial charge in [0.05, 0.1) is 0 Å². The van der Waals surface area contributed by atoms with Crippen molar-refractivity contribution >= 4 is 97.6 Å². The van der Waals surface area contributed by atoms with Gasteiger partial charge in [0.2, 0.25) is 0 Å². The van der Waals surface area contributed by atoms with Crippen molar-refractivity contribution in [3.05, 3.63) is 182 Å². The van der Waals surface area contributed by atoms with E-state index >= 15 is 0 Å². The Balaban J connectivity index is 0.000000615. The summed E-state index contributed by atoms with van der Waals surface area (Å²) >= 11 is -1.65. The van der Waals surface area contributed by atoms with E-state index in [0.29, 0.717) is 0 Å². The van der Waals surface area contributed by atoms with Crippen molar-refractivity contribution in [2.75, 3.05) is 0 Å². The van der Waals surface area contributed by atoms with Gasteiger partial charge >= 0.3 is 75.7 Å². The molecular formula is C45H48Cl4Si2Zr2-6. The second-order valence-corrected chi connectivity index (χ2v) is 18.6. The van der Waals surface area contributed by atoms with Gasteiger partial charge in [-0.3, -0.25) is 0 Å². The maximum absolute atomic E-state index is 4.93. The SMILES string of the molecule is C[Si].C[Si].Cc1cc2ccccc2[cH-]1.Cc1cc2ccccc2[cH-]1.Cc1cc2ccccc2[cH-]1.Cc1cc2ccccc2[cH-]1.[CH2-]C[CH2-].[Cl][Zr][Cl].[Cl][Zr][Cl]. The summed E-state index contributed by atoms with van der Waals surface area (Å²) in [7, 11) is 25.7. The third kappa shape index (κ3) is 21.5. The molecule has 0 nitrogen and oxygen atoms in total. The molecule has 0 aromatic heterocycles. The number of benzene rings is 4. The third-order valence-electron chi connectivity index (χ3n) is 7.05. The van der Waals surface area contributed by atoms with Gasteiger partial charge in [-0.2, -0.15) is 24.3 Å². The van der Waals surface area contributed by atoms with E-state index in [0.717, 1.165) is 6.42 Å². The van der Waals surface area contributed by atoms with Crippen molar-refractivity contribution < 1.29 is 41.7 Å². The van der Waals surface area contributed by atoms with E-state index in [1.807, 2.05) is 0 Å². The molecule has 0 bridgehead atoms. The van der Waals surface area contributed by atoms with Crippen LogP contribution in [0.2, 0.25) is 13.1 Å². The molecule has 8 heteroatoms. The van der Waals surface area contributed by atoms with Crippen LogP contribution in [0.5, 0.6) is 0 Å². The number of aryl methyl sites for hydroxylation is 4. The molecule has 0 aliphatic heterocycles. The fraction of sp³-hybridized carbons (Fsp3) is 0.156. The molecule has 0 N–H and O–H groups in total. The van der Waals surface area contributed by atoms with E-state index < -0.39 is 41.7 Å². The molecular weight excluding hydrogens is 921 g/mol. The van der Waals surface area contributed by atoms with Gasteiger partial charge in [-0.15, -0.1) is 162 Å². The fourth-order valence-electron chi connectivity index (χ4n) is 5.22. The van der Waals surface area contributed by atoms with Crippen LogP contribution in [0, 0.1) is 41.5 Å². The molecule has 0 unspecified atom stereocenters. The molecule has 0 aliphatic rings. The fourth-order valence-corrected chi connectivity index (χ4v) is 5.22. The molecule has 0 aliphatic carbocycles. The molecule has 0 saturated heterocycles. The van der Waals surface area contributed by atoms with Crippen molar-refractivity contribution in [1.82, 2.24) is 0 Å². The summed E-state index contributed by atoms with van der Waals surface area (Å²) in [5.41, 5.74) is 5.39. The van der Waals surface area contributed by atoms with Crippen LogP contribution in [0.4, 0.5) is 0 Å². The van der Waals surface area contributed by atoms with Crippen LogP contribution < -0.4 is 0 Å². The zero-order valence-corrected chi connectivity index (χ0v) is 41.4. The van der Waals surface area contributed by atoms with Gasteiger partial charge in [-0.05, 0) is 0 Å². The van der Waals surface area contributed by atoms with Crippen molar-refractivity contribution in [3.8, 4) is 0 Å². The summed E-state index contributed by atoms with van der Waals surface area (Å²) in [6.45, 7) is 18.9. The number of fused-ring (bicyclic) bond motifs is 4. The van der Waals surface area contributed by atoms with Crippen molar-refractivity contribution in [1.29, 1.82) is 0 Å². The van der Waals surface area contributed by atoms with Crippen LogP contribution in [0.1, 0.15) is 28.7 Å². The summed E-state index contributed by atoms with van der Waals surface area (Å²) in [5.74, 6) is 0. The van der Waals surface area contributed by atoms with E-state index in [-0.39, 0.29) is 0 Å². The minimum absolute atomic E-state index is 0.750. The summed E-state index contributed by atoms with van der Waals surface area (Å²) < 4.78 is 0. The summed E-state index contributed by atoms with van der Waals surface area (Å²) in [4.78, 5) is 0. The Bertz CT molecular complexity index is 1610. The molecule has 278 valence electrons. The Morgan fingerprint density at radius 1 is 0.415 bits per heavy atom. The molecule has 0 heterocycles. The molecule has 0 saturated carbocycles. The predicted molar refractivity (Wildman–Crippen MR) is 239 cm³/mol. The van der Waals surface area contributed by atoms with Crippen LogP contribution in [0.25, 0.3) is 43.1 Å². The van der Waals surface area contributed by atoms with Crippen LogP contribution in [0.15, 0.2) is 146 Å². The first-order chi connectivity index (χ1) is 25.7. The van der Waals surface area contributed by atoms with Gasteiger partial charge in [0.1, 0.15) is 0 Å². The number of halogens is 4.